The lowest BCUT2D eigenvalue weighted by Gasteiger charge is -2.28. The van der Waals surface area contributed by atoms with E-state index in [1.54, 1.807) is 24.3 Å². The maximum absolute atomic E-state index is 12.8. The van der Waals surface area contributed by atoms with Gasteiger partial charge in [-0.15, -0.1) is 0 Å². The first-order valence-corrected chi connectivity index (χ1v) is 12.9. The summed E-state index contributed by atoms with van der Waals surface area (Å²) < 4.78 is 18.2. The van der Waals surface area contributed by atoms with Gasteiger partial charge in [0.25, 0.3) is 11.8 Å². The zero-order valence-electron chi connectivity index (χ0n) is 23.1. The van der Waals surface area contributed by atoms with Crippen LogP contribution < -0.4 is 30.2 Å². The molecule has 2 aliphatic rings. The third-order valence-corrected chi connectivity index (χ3v) is 6.49. The number of hydrogen-bond acceptors (Lipinski definition) is 10. The van der Waals surface area contributed by atoms with E-state index in [9.17, 15) is 4.79 Å². The van der Waals surface area contributed by atoms with Crippen molar-refractivity contribution in [2.45, 2.75) is 20.0 Å². The number of fused-ring (bicyclic) bond motifs is 1. The Kier molecular flexibility index (Phi) is 7.16. The van der Waals surface area contributed by atoms with Crippen LogP contribution in [0.25, 0.3) is 0 Å². The lowest BCUT2D eigenvalue weighted by Crippen LogP contribution is -2.41. The quantitative estimate of drug-likeness (QED) is 0.286. The smallest absolute Gasteiger partial charge is 0.328 e. The number of benzene rings is 2. The van der Waals surface area contributed by atoms with E-state index in [4.69, 9.17) is 25.4 Å². The highest BCUT2D eigenvalue weighted by atomic mass is 16.5. The van der Waals surface area contributed by atoms with Crippen molar-refractivity contribution in [2.24, 2.45) is 16.6 Å². The minimum absolute atomic E-state index is 0.0144. The molecule has 0 radical (unpaired) electrons. The van der Waals surface area contributed by atoms with Crippen LogP contribution in [0.1, 0.15) is 25.0 Å². The molecule has 1 amide bonds. The topological polar surface area (TPSA) is 151 Å². The standard InChI is InChI=1S/C28H32N8O4/c1-15(2)22-25(37)32-21-26(38-18-9-10-19(23(29)30)20(14-18)35(3)4)33-28(34-27(21)40-22)39-17-8-6-7-16(13-17)24-31-11-12-36(24)5/h6-10,13-15,22H,11-12H2,1-5H3,(H3,29,30)(H,32,37). The molecule has 3 heterocycles. The number of nitrogens with two attached hydrogens (primary N) is 1. The van der Waals surface area contributed by atoms with Crippen LogP contribution in [0.2, 0.25) is 0 Å². The molecule has 1 atom stereocenters. The van der Waals surface area contributed by atoms with Gasteiger partial charge >= 0.3 is 6.01 Å². The number of anilines is 2. The number of rotatable bonds is 8. The molecule has 0 aliphatic carbocycles. The van der Waals surface area contributed by atoms with Gasteiger partial charge < -0.3 is 35.1 Å². The first kappa shape index (κ1) is 26.7. The van der Waals surface area contributed by atoms with Crippen LogP contribution in [0.15, 0.2) is 47.5 Å². The lowest BCUT2D eigenvalue weighted by atomic mass is 10.1. The van der Waals surface area contributed by atoms with Crippen LogP contribution in [-0.2, 0) is 4.79 Å². The molecule has 2 aliphatic heterocycles. The van der Waals surface area contributed by atoms with E-state index in [2.05, 4.69) is 25.2 Å². The van der Waals surface area contributed by atoms with Gasteiger partial charge in [-0.1, -0.05) is 26.0 Å². The van der Waals surface area contributed by atoms with Crippen LogP contribution in [0.5, 0.6) is 29.3 Å². The molecular weight excluding hydrogens is 512 g/mol. The monoisotopic (exact) mass is 544 g/mol. The Balaban J connectivity index is 1.53. The number of nitrogen functional groups attached to an aromatic ring is 1. The van der Waals surface area contributed by atoms with Gasteiger partial charge in [0.1, 0.15) is 23.2 Å². The molecule has 5 rings (SSSR count). The highest BCUT2D eigenvalue weighted by Gasteiger charge is 2.35. The van der Waals surface area contributed by atoms with Gasteiger partial charge in [-0.3, -0.25) is 15.2 Å². The molecule has 12 heteroatoms. The Hall–Kier alpha value is -4.87. The van der Waals surface area contributed by atoms with E-state index in [0.717, 1.165) is 24.5 Å². The Morgan fingerprint density at radius 1 is 1.18 bits per heavy atom. The summed E-state index contributed by atoms with van der Waals surface area (Å²) in [6.07, 6.45) is -0.738. The average molecular weight is 545 g/mol. The van der Waals surface area contributed by atoms with Gasteiger partial charge in [0.15, 0.2) is 11.8 Å². The predicted octanol–water partition coefficient (Wildman–Crippen LogP) is 3.46. The van der Waals surface area contributed by atoms with Gasteiger partial charge in [-0.25, -0.2) is 0 Å². The van der Waals surface area contributed by atoms with E-state index in [-0.39, 0.29) is 41.1 Å². The third-order valence-electron chi connectivity index (χ3n) is 6.49. The van der Waals surface area contributed by atoms with Crippen molar-refractivity contribution in [3.05, 3.63) is 53.6 Å². The Bertz CT molecular complexity index is 1500. The van der Waals surface area contributed by atoms with Crippen LogP contribution in [0, 0.1) is 11.3 Å². The van der Waals surface area contributed by atoms with E-state index in [1.165, 1.54) is 0 Å². The Morgan fingerprint density at radius 3 is 2.62 bits per heavy atom. The molecule has 0 bridgehead atoms. The number of nitrogens with one attached hydrogen (secondary N) is 2. The number of aromatic nitrogens is 2. The first-order valence-electron chi connectivity index (χ1n) is 12.9. The van der Waals surface area contributed by atoms with E-state index in [0.29, 0.717) is 22.7 Å². The molecule has 40 heavy (non-hydrogen) atoms. The number of hydrogen-bond donors (Lipinski definition) is 3. The van der Waals surface area contributed by atoms with Gasteiger partial charge in [0.2, 0.25) is 5.88 Å². The van der Waals surface area contributed by atoms with Crippen molar-refractivity contribution in [1.82, 2.24) is 14.9 Å². The first-order chi connectivity index (χ1) is 19.1. The molecule has 12 nitrogen and oxygen atoms in total. The van der Waals surface area contributed by atoms with Crippen molar-refractivity contribution in [3.63, 3.8) is 0 Å². The third kappa shape index (κ3) is 5.33. The SMILES string of the molecule is CC(C)C1Oc2nc(Oc3cccc(C4=NCCN4C)c3)nc(Oc3ccc(C(=N)N)c(N(C)C)c3)c2NC1=O. The molecule has 0 spiro atoms. The summed E-state index contributed by atoms with van der Waals surface area (Å²) in [5, 5.41) is 10.7. The van der Waals surface area contributed by atoms with Crippen LogP contribution in [0.4, 0.5) is 11.4 Å². The second-order valence-electron chi connectivity index (χ2n) is 10.1. The van der Waals surface area contributed by atoms with Crippen LogP contribution >= 0.6 is 0 Å². The minimum Gasteiger partial charge on any atom is -0.462 e. The summed E-state index contributed by atoms with van der Waals surface area (Å²) in [5.74, 6) is 1.51. The lowest BCUT2D eigenvalue weighted by molar-refractivity contribution is -0.125. The van der Waals surface area contributed by atoms with Crippen molar-refractivity contribution < 1.29 is 19.0 Å². The summed E-state index contributed by atoms with van der Waals surface area (Å²) in [6.45, 7) is 5.38. The highest BCUT2D eigenvalue weighted by Crippen LogP contribution is 2.41. The van der Waals surface area contributed by atoms with Gasteiger partial charge in [-0.2, -0.15) is 9.97 Å². The maximum atomic E-state index is 12.8. The molecule has 208 valence electrons. The van der Waals surface area contributed by atoms with Crippen LogP contribution in [0.3, 0.4) is 0 Å². The molecular formula is C28H32N8O4. The van der Waals surface area contributed by atoms with Crippen LogP contribution in [-0.4, -0.2) is 72.8 Å². The number of nitrogens with zero attached hydrogens (tertiary/aromatic N) is 5. The van der Waals surface area contributed by atoms with Crippen molar-refractivity contribution in [3.8, 4) is 29.3 Å². The number of likely N-dealkylation sites (N-methyl/N-ethyl adjacent to an activating group) is 1. The number of carbonyl (C=O) groups is 1. The van der Waals surface area contributed by atoms with E-state index < -0.39 is 6.10 Å². The molecule has 0 saturated carbocycles. The number of ether oxygens (including phenoxy) is 3. The fraction of sp³-hybridized carbons (Fsp3) is 0.321. The van der Waals surface area contributed by atoms with E-state index in [1.807, 2.05) is 58.1 Å². The molecule has 4 N–H and O–H groups in total. The second-order valence-corrected chi connectivity index (χ2v) is 10.1. The molecule has 1 unspecified atom stereocenters. The number of amides is 1. The second kappa shape index (κ2) is 10.7. The van der Waals surface area contributed by atoms with Gasteiger partial charge in [-0.05, 0) is 30.2 Å². The van der Waals surface area contributed by atoms with Gasteiger partial charge in [0.05, 0.1) is 12.2 Å². The molecule has 1 aromatic heterocycles. The predicted molar refractivity (Wildman–Crippen MR) is 152 cm³/mol. The fourth-order valence-corrected chi connectivity index (χ4v) is 4.45. The summed E-state index contributed by atoms with van der Waals surface area (Å²) in [6, 6.07) is 12.6. The maximum Gasteiger partial charge on any atom is 0.328 e. The molecule has 0 saturated heterocycles. The number of amidine groups is 2. The Labute approximate surface area is 232 Å². The Morgan fingerprint density at radius 2 is 1.95 bits per heavy atom. The van der Waals surface area contributed by atoms with E-state index >= 15 is 0 Å². The van der Waals surface area contributed by atoms with Crippen molar-refractivity contribution in [1.29, 1.82) is 5.41 Å². The highest BCUT2D eigenvalue weighted by molar-refractivity contribution is 6.01. The van der Waals surface area contributed by atoms with Gasteiger partial charge in [0, 0.05) is 44.9 Å². The zero-order valence-corrected chi connectivity index (χ0v) is 23.1. The normalized spacial score (nSPS) is 16.1. The summed E-state index contributed by atoms with van der Waals surface area (Å²) in [5.41, 5.74) is 8.11. The molecule has 2 aromatic carbocycles. The molecule has 0 fully saturated rings. The van der Waals surface area contributed by atoms with Crippen molar-refractivity contribution in [2.75, 3.05) is 44.4 Å². The number of carbonyl (C=O) groups excluding carboxylic acids is 1. The average Bonchev–Trinajstić information content (AvgIpc) is 3.34. The van der Waals surface area contributed by atoms with Crippen molar-refractivity contribution >= 4 is 29.0 Å². The summed E-state index contributed by atoms with van der Waals surface area (Å²) in [4.78, 5) is 30.2. The number of aliphatic imine (C=N–C) groups is 1. The summed E-state index contributed by atoms with van der Waals surface area (Å²) >= 11 is 0. The fourth-order valence-electron chi connectivity index (χ4n) is 4.45. The summed E-state index contributed by atoms with van der Waals surface area (Å²) in [7, 11) is 5.68. The molecule has 3 aromatic rings. The zero-order chi connectivity index (χ0) is 28.6. The largest absolute Gasteiger partial charge is 0.462 e. The minimum atomic E-state index is -0.738.